The summed E-state index contributed by atoms with van der Waals surface area (Å²) in [5, 5.41) is 12.3. The van der Waals surface area contributed by atoms with Gasteiger partial charge in [-0.1, -0.05) is 30.3 Å². The van der Waals surface area contributed by atoms with Crippen LogP contribution in [0.15, 0.2) is 30.3 Å². The van der Waals surface area contributed by atoms with Crippen molar-refractivity contribution in [2.45, 2.75) is 44.2 Å². The van der Waals surface area contributed by atoms with Gasteiger partial charge >= 0.3 is 0 Å². The Kier molecular flexibility index (Phi) is 6.02. The summed E-state index contributed by atoms with van der Waals surface area (Å²) in [6.45, 7) is 0.778. The molecule has 1 saturated heterocycles. The molecule has 1 aromatic carbocycles. The van der Waals surface area contributed by atoms with Crippen molar-refractivity contribution in [3.05, 3.63) is 35.9 Å². The summed E-state index contributed by atoms with van der Waals surface area (Å²) in [4.78, 5) is 11.9. The summed E-state index contributed by atoms with van der Waals surface area (Å²) in [6.07, 6.45) is 4.29. The first kappa shape index (κ1) is 15.0. The first-order chi connectivity index (χ1) is 9.78. The van der Waals surface area contributed by atoms with Crippen LogP contribution in [0.5, 0.6) is 0 Å². The van der Waals surface area contributed by atoms with Crippen molar-refractivity contribution in [3.8, 4) is 0 Å². The molecule has 1 fully saturated rings. The van der Waals surface area contributed by atoms with Crippen LogP contribution in [0.4, 0.5) is 0 Å². The monoisotopic (exact) mass is 277 g/mol. The van der Waals surface area contributed by atoms with E-state index in [4.69, 9.17) is 4.74 Å². The van der Waals surface area contributed by atoms with Crippen LogP contribution in [-0.4, -0.2) is 36.4 Å². The molecule has 4 heteroatoms. The lowest BCUT2D eigenvalue weighted by Crippen LogP contribution is -2.39. The van der Waals surface area contributed by atoms with Crippen LogP contribution < -0.4 is 5.32 Å². The molecule has 2 atom stereocenters. The Morgan fingerprint density at radius 3 is 2.85 bits per heavy atom. The second-order valence-corrected chi connectivity index (χ2v) is 5.31. The van der Waals surface area contributed by atoms with E-state index in [0.717, 1.165) is 31.4 Å². The van der Waals surface area contributed by atoms with Crippen molar-refractivity contribution >= 4 is 5.91 Å². The molecule has 1 aromatic rings. The van der Waals surface area contributed by atoms with Gasteiger partial charge < -0.3 is 15.2 Å². The maximum absolute atomic E-state index is 11.9. The Labute approximate surface area is 120 Å². The zero-order valence-corrected chi connectivity index (χ0v) is 11.8. The molecule has 20 heavy (non-hydrogen) atoms. The Bertz CT molecular complexity index is 401. The molecular formula is C16H23NO3. The Hall–Kier alpha value is -1.39. The molecule has 0 aliphatic carbocycles. The molecule has 0 radical (unpaired) electrons. The summed E-state index contributed by atoms with van der Waals surface area (Å²) >= 11 is 0. The summed E-state index contributed by atoms with van der Waals surface area (Å²) < 4.78 is 5.50. The molecule has 1 aliphatic rings. The molecule has 1 unspecified atom stereocenters. The van der Waals surface area contributed by atoms with Gasteiger partial charge in [0.05, 0.1) is 18.8 Å². The largest absolute Gasteiger partial charge is 0.394 e. The lowest BCUT2D eigenvalue weighted by molar-refractivity contribution is -0.122. The third kappa shape index (κ3) is 4.94. The highest BCUT2D eigenvalue weighted by Gasteiger charge is 2.18. The van der Waals surface area contributed by atoms with E-state index in [0.29, 0.717) is 12.8 Å². The van der Waals surface area contributed by atoms with Crippen LogP contribution in [0.25, 0.3) is 0 Å². The summed E-state index contributed by atoms with van der Waals surface area (Å²) in [5.41, 5.74) is 1.12. The number of ether oxygens (including phenoxy) is 1. The number of carbonyl (C=O) groups excluding carboxylic acids is 1. The number of benzene rings is 1. The zero-order valence-electron chi connectivity index (χ0n) is 11.8. The van der Waals surface area contributed by atoms with Gasteiger partial charge in [-0.25, -0.2) is 0 Å². The first-order valence-corrected chi connectivity index (χ1v) is 7.33. The average Bonchev–Trinajstić information content (AvgIpc) is 2.99. The predicted octanol–water partition coefficient (Wildman–Crippen LogP) is 1.67. The molecule has 2 rings (SSSR count). The van der Waals surface area contributed by atoms with Crippen LogP contribution in [0.3, 0.4) is 0 Å². The van der Waals surface area contributed by atoms with E-state index in [1.165, 1.54) is 0 Å². The summed E-state index contributed by atoms with van der Waals surface area (Å²) in [5.74, 6) is -0.00418. The Morgan fingerprint density at radius 2 is 2.20 bits per heavy atom. The maximum Gasteiger partial charge on any atom is 0.220 e. The quantitative estimate of drug-likeness (QED) is 0.797. The SMILES string of the molecule is O=C(CCC1CCCO1)N[C@@H](CO)Cc1ccccc1. The van der Waals surface area contributed by atoms with Crippen molar-refractivity contribution in [1.82, 2.24) is 5.32 Å². The van der Waals surface area contributed by atoms with Gasteiger partial charge in [0.25, 0.3) is 0 Å². The molecule has 0 bridgehead atoms. The molecular weight excluding hydrogens is 254 g/mol. The van der Waals surface area contributed by atoms with E-state index in [1.54, 1.807) is 0 Å². The molecule has 0 saturated carbocycles. The highest BCUT2D eigenvalue weighted by atomic mass is 16.5. The van der Waals surface area contributed by atoms with Crippen molar-refractivity contribution in [2.75, 3.05) is 13.2 Å². The van der Waals surface area contributed by atoms with Crippen LogP contribution in [0, 0.1) is 0 Å². The number of carbonyl (C=O) groups is 1. The van der Waals surface area contributed by atoms with Crippen molar-refractivity contribution < 1.29 is 14.6 Å². The summed E-state index contributed by atoms with van der Waals surface area (Å²) in [7, 11) is 0. The fraction of sp³-hybridized carbons (Fsp3) is 0.562. The minimum absolute atomic E-state index is 0.00418. The van der Waals surface area contributed by atoms with E-state index in [9.17, 15) is 9.90 Å². The van der Waals surface area contributed by atoms with Crippen LogP contribution >= 0.6 is 0 Å². The number of rotatable bonds is 7. The Morgan fingerprint density at radius 1 is 1.40 bits per heavy atom. The van der Waals surface area contributed by atoms with E-state index >= 15 is 0 Å². The van der Waals surface area contributed by atoms with Gasteiger partial charge in [0.1, 0.15) is 0 Å². The smallest absolute Gasteiger partial charge is 0.220 e. The van der Waals surface area contributed by atoms with Crippen molar-refractivity contribution in [2.24, 2.45) is 0 Å². The number of nitrogens with one attached hydrogen (secondary N) is 1. The van der Waals surface area contributed by atoms with Gasteiger partial charge in [-0.05, 0) is 31.2 Å². The molecule has 2 N–H and O–H groups in total. The number of amides is 1. The van der Waals surface area contributed by atoms with Gasteiger partial charge in [0.15, 0.2) is 0 Å². The topological polar surface area (TPSA) is 58.6 Å². The van der Waals surface area contributed by atoms with E-state index in [2.05, 4.69) is 5.32 Å². The van der Waals surface area contributed by atoms with Crippen LogP contribution in [-0.2, 0) is 16.0 Å². The minimum atomic E-state index is -0.214. The lowest BCUT2D eigenvalue weighted by Gasteiger charge is -2.17. The molecule has 110 valence electrons. The normalized spacial score (nSPS) is 19.8. The molecule has 1 aliphatic heterocycles. The second-order valence-electron chi connectivity index (χ2n) is 5.31. The third-order valence-corrected chi connectivity index (χ3v) is 3.63. The lowest BCUT2D eigenvalue weighted by atomic mass is 10.1. The second kappa shape index (κ2) is 8.02. The fourth-order valence-electron chi connectivity index (χ4n) is 2.52. The van der Waals surface area contributed by atoms with Gasteiger partial charge in [-0.2, -0.15) is 0 Å². The molecule has 1 heterocycles. The number of aliphatic hydroxyl groups is 1. The van der Waals surface area contributed by atoms with Crippen LogP contribution in [0.1, 0.15) is 31.2 Å². The van der Waals surface area contributed by atoms with E-state index in [1.807, 2.05) is 30.3 Å². The highest BCUT2D eigenvalue weighted by molar-refractivity contribution is 5.76. The average molecular weight is 277 g/mol. The van der Waals surface area contributed by atoms with Crippen molar-refractivity contribution in [1.29, 1.82) is 0 Å². The Balaban J connectivity index is 1.72. The maximum atomic E-state index is 11.9. The molecule has 1 amide bonds. The predicted molar refractivity (Wildman–Crippen MR) is 77.4 cm³/mol. The highest BCUT2D eigenvalue weighted by Crippen LogP contribution is 2.16. The van der Waals surface area contributed by atoms with Gasteiger partial charge in [0.2, 0.25) is 5.91 Å². The number of aliphatic hydroxyl groups excluding tert-OH is 1. The van der Waals surface area contributed by atoms with Gasteiger partial charge in [-0.15, -0.1) is 0 Å². The van der Waals surface area contributed by atoms with Crippen LogP contribution in [0.2, 0.25) is 0 Å². The fourth-order valence-corrected chi connectivity index (χ4v) is 2.52. The molecule has 4 nitrogen and oxygen atoms in total. The molecule has 0 spiro atoms. The minimum Gasteiger partial charge on any atom is -0.394 e. The number of hydrogen-bond acceptors (Lipinski definition) is 3. The standard InChI is InChI=1S/C16H23NO3/c18-12-14(11-13-5-2-1-3-6-13)17-16(19)9-8-15-7-4-10-20-15/h1-3,5-6,14-15,18H,4,7-12H2,(H,17,19)/t14-,15?/m1/s1. The van der Waals surface area contributed by atoms with Crippen molar-refractivity contribution in [3.63, 3.8) is 0 Å². The van der Waals surface area contributed by atoms with E-state index < -0.39 is 0 Å². The van der Waals surface area contributed by atoms with Gasteiger partial charge in [0, 0.05) is 13.0 Å². The first-order valence-electron chi connectivity index (χ1n) is 7.33. The zero-order chi connectivity index (χ0) is 14.2. The molecule has 0 aromatic heterocycles. The summed E-state index contributed by atoms with van der Waals surface area (Å²) in [6, 6.07) is 9.67. The number of hydrogen-bond donors (Lipinski definition) is 2. The third-order valence-electron chi connectivity index (χ3n) is 3.63. The van der Waals surface area contributed by atoms with Gasteiger partial charge in [-0.3, -0.25) is 4.79 Å². The van der Waals surface area contributed by atoms with E-state index in [-0.39, 0.29) is 24.7 Å².